The van der Waals surface area contributed by atoms with Crippen LogP contribution in [0.2, 0.25) is 0 Å². The Morgan fingerprint density at radius 1 is 1.26 bits per heavy atom. The molecule has 1 saturated heterocycles. The van der Waals surface area contributed by atoms with Crippen LogP contribution in [0, 0.1) is 18.3 Å². The van der Waals surface area contributed by atoms with Crippen LogP contribution in [0.15, 0.2) is 35.5 Å². The first-order chi connectivity index (χ1) is 20.1. The molecule has 2 aliphatic rings. The number of piperidine rings is 1. The van der Waals surface area contributed by atoms with E-state index in [-0.39, 0.29) is 22.2 Å². The van der Waals surface area contributed by atoms with Crippen LogP contribution >= 0.6 is 11.8 Å². The van der Waals surface area contributed by atoms with E-state index in [4.69, 9.17) is 14.7 Å². The van der Waals surface area contributed by atoms with Crippen LogP contribution in [-0.2, 0) is 27.3 Å². The molecule has 9 heteroatoms. The van der Waals surface area contributed by atoms with Crippen LogP contribution in [0.4, 0.5) is 5.82 Å². The molecule has 0 amide bonds. The SMILES string of the molecule is CCCCC(CC)COC(=O)CCSc1cnc(N2CCC3(CC2)Cc2ccccc2[C@H]3N[S@+]([O-])C(C)(C)C)c(C)n1. The standard InChI is InChI=1S/C33H50N4O3S2/c1-7-9-12-25(8-2)23-40-29(38)15-20-41-28-22-34-31(24(3)35-28)37-18-16-33(17-19-37)21-26-13-10-11-14-27(26)30(33)36-42(39)32(4,5)6/h10-11,13-14,22,25,30,36H,7-9,12,15-21,23H2,1-6H3/t25?,30-,42-/m1/s1. The van der Waals surface area contributed by atoms with Gasteiger partial charge in [-0.2, -0.15) is 0 Å². The topological polar surface area (TPSA) is 90.4 Å². The lowest BCUT2D eigenvalue weighted by molar-refractivity contribution is -0.144. The van der Waals surface area contributed by atoms with Crippen molar-refractivity contribution in [1.29, 1.82) is 0 Å². The highest BCUT2D eigenvalue weighted by Crippen LogP contribution is 2.53. The number of nitrogens with one attached hydrogen (secondary N) is 1. The van der Waals surface area contributed by atoms with Crippen molar-refractivity contribution in [2.45, 2.75) is 109 Å². The molecule has 232 valence electrons. The summed E-state index contributed by atoms with van der Waals surface area (Å²) in [5.41, 5.74) is 3.63. The van der Waals surface area contributed by atoms with Crippen LogP contribution < -0.4 is 9.62 Å². The number of carbonyl (C=O) groups is 1. The number of ether oxygens (including phenoxy) is 1. The number of rotatable bonds is 13. The van der Waals surface area contributed by atoms with Gasteiger partial charge < -0.3 is 14.2 Å². The number of hydrogen-bond acceptors (Lipinski definition) is 8. The molecule has 42 heavy (non-hydrogen) atoms. The summed E-state index contributed by atoms with van der Waals surface area (Å²) in [4.78, 5) is 24.3. The third kappa shape index (κ3) is 8.21. The number of aromatic nitrogens is 2. The van der Waals surface area contributed by atoms with Gasteiger partial charge in [0.1, 0.15) is 15.6 Å². The molecule has 1 aromatic heterocycles. The second-order valence-electron chi connectivity index (χ2n) is 13.0. The maximum atomic E-state index is 13.2. The van der Waals surface area contributed by atoms with E-state index >= 15 is 0 Å². The van der Waals surface area contributed by atoms with Gasteiger partial charge in [-0.1, -0.05) is 57.4 Å². The zero-order valence-electron chi connectivity index (χ0n) is 26.4. The summed E-state index contributed by atoms with van der Waals surface area (Å²) in [6.45, 7) is 14.8. The molecular formula is C33H50N4O3S2. The molecule has 2 heterocycles. The zero-order chi connectivity index (χ0) is 30.3. The molecule has 0 radical (unpaired) electrons. The second kappa shape index (κ2) is 14.8. The van der Waals surface area contributed by atoms with E-state index in [1.807, 2.05) is 33.9 Å². The second-order valence-corrected chi connectivity index (χ2v) is 16.1. The van der Waals surface area contributed by atoms with Gasteiger partial charge in [0.25, 0.3) is 0 Å². The predicted molar refractivity (Wildman–Crippen MR) is 174 cm³/mol. The summed E-state index contributed by atoms with van der Waals surface area (Å²) in [6, 6.07) is 8.72. The van der Waals surface area contributed by atoms with Crippen molar-refractivity contribution in [1.82, 2.24) is 14.7 Å². The first kappa shape index (κ1) is 33.1. The average Bonchev–Trinajstić information content (AvgIpc) is 3.25. The molecular weight excluding hydrogens is 565 g/mol. The van der Waals surface area contributed by atoms with Crippen molar-refractivity contribution in [3.05, 3.63) is 47.3 Å². The lowest BCUT2D eigenvalue weighted by atomic mass is 9.73. The van der Waals surface area contributed by atoms with E-state index < -0.39 is 11.4 Å². The Morgan fingerprint density at radius 2 is 2.00 bits per heavy atom. The van der Waals surface area contributed by atoms with Crippen molar-refractivity contribution in [3.8, 4) is 0 Å². The van der Waals surface area contributed by atoms with Crippen LogP contribution in [-0.4, -0.2) is 50.7 Å². The number of hydrogen-bond donors (Lipinski definition) is 1. The van der Waals surface area contributed by atoms with Crippen LogP contribution in [0.3, 0.4) is 0 Å². The summed E-state index contributed by atoms with van der Waals surface area (Å²) >= 11 is 0.416. The number of thioether (sulfide) groups is 1. The fourth-order valence-corrected chi connectivity index (χ4v) is 7.89. The summed E-state index contributed by atoms with van der Waals surface area (Å²) in [7, 11) is 0. The van der Waals surface area contributed by atoms with Gasteiger partial charge in [-0.15, -0.1) is 16.5 Å². The lowest BCUT2D eigenvalue weighted by Gasteiger charge is -2.44. The summed E-state index contributed by atoms with van der Waals surface area (Å²) < 4.78 is 22.0. The lowest BCUT2D eigenvalue weighted by Crippen LogP contribution is -2.50. The first-order valence-electron chi connectivity index (χ1n) is 15.7. The molecule has 1 aliphatic carbocycles. The molecule has 1 fully saturated rings. The molecule has 1 aliphatic heterocycles. The third-order valence-electron chi connectivity index (χ3n) is 8.84. The van der Waals surface area contributed by atoms with Crippen LogP contribution in [0.5, 0.6) is 0 Å². The number of nitrogens with zero attached hydrogens (tertiary/aromatic N) is 3. The normalized spacial score (nSPS) is 19.5. The Labute approximate surface area is 260 Å². The first-order valence-corrected chi connectivity index (χ1v) is 17.8. The highest BCUT2D eigenvalue weighted by atomic mass is 32.2. The van der Waals surface area contributed by atoms with Crippen LogP contribution in [0.25, 0.3) is 0 Å². The molecule has 7 nitrogen and oxygen atoms in total. The number of unbranched alkanes of at least 4 members (excludes halogenated alkanes) is 1. The average molecular weight is 615 g/mol. The smallest absolute Gasteiger partial charge is 0.306 e. The summed E-state index contributed by atoms with van der Waals surface area (Å²) in [5.74, 6) is 1.90. The Morgan fingerprint density at radius 3 is 2.67 bits per heavy atom. The molecule has 1 unspecified atom stereocenters. The van der Waals surface area contributed by atoms with E-state index in [0.29, 0.717) is 24.7 Å². The monoisotopic (exact) mass is 614 g/mol. The molecule has 3 atom stereocenters. The number of fused-ring (bicyclic) bond motifs is 1. The molecule has 0 bridgehead atoms. The molecule has 1 spiro atoms. The molecule has 1 N–H and O–H groups in total. The minimum Gasteiger partial charge on any atom is -0.598 e. The van der Waals surface area contributed by atoms with Gasteiger partial charge in [0, 0.05) is 35.6 Å². The summed E-state index contributed by atoms with van der Waals surface area (Å²) in [6.07, 6.45) is 9.75. The molecule has 0 saturated carbocycles. The largest absolute Gasteiger partial charge is 0.598 e. The highest BCUT2D eigenvalue weighted by molar-refractivity contribution is 7.99. The van der Waals surface area contributed by atoms with E-state index in [9.17, 15) is 9.35 Å². The maximum absolute atomic E-state index is 13.2. The van der Waals surface area contributed by atoms with Crippen molar-refractivity contribution < 1.29 is 14.1 Å². The third-order valence-corrected chi connectivity index (χ3v) is 11.3. The Kier molecular flexibility index (Phi) is 11.6. The van der Waals surface area contributed by atoms with Gasteiger partial charge in [-0.05, 0) is 70.4 Å². The van der Waals surface area contributed by atoms with E-state index in [1.165, 1.54) is 24.0 Å². The Hall–Kier alpha value is -1.81. The number of aryl methyl sites for hydroxylation is 1. The number of carbonyl (C=O) groups excluding carboxylic acids is 1. The van der Waals surface area contributed by atoms with E-state index in [2.05, 4.69) is 47.7 Å². The summed E-state index contributed by atoms with van der Waals surface area (Å²) in [5, 5.41) is 0.840. The number of esters is 1. The minimum atomic E-state index is -1.14. The van der Waals surface area contributed by atoms with Crippen molar-refractivity contribution in [2.75, 3.05) is 30.3 Å². The maximum Gasteiger partial charge on any atom is 0.306 e. The quantitative estimate of drug-likeness (QED) is 0.147. The van der Waals surface area contributed by atoms with Gasteiger partial charge in [0.15, 0.2) is 0 Å². The molecule has 4 rings (SSSR count). The minimum absolute atomic E-state index is 0.0416. The van der Waals surface area contributed by atoms with Crippen molar-refractivity contribution in [2.24, 2.45) is 11.3 Å². The Bertz CT molecular complexity index is 1180. The van der Waals surface area contributed by atoms with Gasteiger partial charge in [0.2, 0.25) is 0 Å². The fourth-order valence-electron chi connectivity index (χ4n) is 6.14. The van der Waals surface area contributed by atoms with Crippen molar-refractivity contribution in [3.63, 3.8) is 0 Å². The molecule has 1 aromatic carbocycles. The van der Waals surface area contributed by atoms with E-state index in [0.717, 1.165) is 61.7 Å². The number of anilines is 1. The fraction of sp³-hybridized carbons (Fsp3) is 0.667. The van der Waals surface area contributed by atoms with E-state index in [1.54, 1.807) is 11.8 Å². The number of benzene rings is 1. The van der Waals surface area contributed by atoms with Gasteiger partial charge in [-0.25, -0.2) is 9.97 Å². The van der Waals surface area contributed by atoms with Gasteiger partial charge >= 0.3 is 5.97 Å². The van der Waals surface area contributed by atoms with Crippen molar-refractivity contribution >= 4 is 34.9 Å². The van der Waals surface area contributed by atoms with Gasteiger partial charge in [0.05, 0.1) is 31.0 Å². The highest BCUT2D eigenvalue weighted by Gasteiger charge is 2.50. The zero-order valence-corrected chi connectivity index (χ0v) is 28.0. The van der Waals surface area contributed by atoms with Crippen LogP contribution in [0.1, 0.15) is 102 Å². The van der Waals surface area contributed by atoms with Gasteiger partial charge in [-0.3, -0.25) is 4.79 Å². The Balaban J connectivity index is 1.31. The predicted octanol–water partition coefficient (Wildman–Crippen LogP) is 6.96. The molecule has 2 aromatic rings.